The number of ether oxygens (including phenoxy) is 1. The van der Waals surface area contributed by atoms with Crippen molar-refractivity contribution in [3.8, 4) is 0 Å². The summed E-state index contributed by atoms with van der Waals surface area (Å²) in [6, 6.07) is 15.7. The van der Waals surface area contributed by atoms with Crippen LogP contribution in [0.3, 0.4) is 0 Å². The molecule has 0 aromatic heterocycles. The summed E-state index contributed by atoms with van der Waals surface area (Å²) in [4.78, 5) is 30.4. The van der Waals surface area contributed by atoms with E-state index in [0.717, 1.165) is 50.0 Å². The first kappa shape index (κ1) is 30.4. The van der Waals surface area contributed by atoms with E-state index in [1.54, 1.807) is 20.1 Å². The summed E-state index contributed by atoms with van der Waals surface area (Å²) in [6.07, 6.45) is 3.24. The van der Waals surface area contributed by atoms with Crippen LogP contribution in [0.2, 0.25) is 10.0 Å². The van der Waals surface area contributed by atoms with E-state index >= 15 is 0 Å². The summed E-state index contributed by atoms with van der Waals surface area (Å²) in [7, 11) is 1.66. The Kier molecular flexibility index (Phi) is 11.5. The minimum Gasteiger partial charge on any atom is -0.383 e. The van der Waals surface area contributed by atoms with Gasteiger partial charge in [0.2, 0.25) is 11.8 Å². The average Bonchev–Trinajstić information content (AvgIpc) is 2.92. The summed E-state index contributed by atoms with van der Waals surface area (Å²) >= 11 is 12.6. The van der Waals surface area contributed by atoms with Crippen molar-refractivity contribution in [2.75, 3.05) is 39.9 Å². The largest absolute Gasteiger partial charge is 0.383 e. The van der Waals surface area contributed by atoms with Crippen molar-refractivity contribution in [3.63, 3.8) is 0 Å². The Labute approximate surface area is 237 Å². The lowest BCUT2D eigenvalue weighted by atomic mass is 9.77. The highest BCUT2D eigenvalue weighted by atomic mass is 35.5. The molecule has 1 saturated heterocycles. The Morgan fingerprint density at radius 3 is 2.39 bits per heavy atom. The molecule has 0 bridgehead atoms. The number of nitrogens with zero attached hydrogens (tertiary/aromatic N) is 2. The minimum atomic E-state index is -0.794. The van der Waals surface area contributed by atoms with Gasteiger partial charge in [0.15, 0.2) is 0 Å². The van der Waals surface area contributed by atoms with Crippen LogP contribution in [0.1, 0.15) is 63.6 Å². The number of methoxy groups -OCH3 is 1. The third-order valence-electron chi connectivity index (χ3n) is 7.84. The molecule has 1 unspecified atom stereocenters. The minimum absolute atomic E-state index is 0.0243. The highest BCUT2D eigenvalue weighted by Crippen LogP contribution is 2.34. The molecular weight excluding hydrogens is 521 g/mol. The first-order chi connectivity index (χ1) is 18.2. The first-order valence-corrected chi connectivity index (χ1v) is 14.2. The molecule has 1 aliphatic heterocycles. The van der Waals surface area contributed by atoms with Crippen LogP contribution in [0.4, 0.5) is 0 Å². The van der Waals surface area contributed by atoms with Gasteiger partial charge in [0.1, 0.15) is 0 Å². The van der Waals surface area contributed by atoms with Gasteiger partial charge in [0, 0.05) is 39.7 Å². The maximum absolute atomic E-state index is 13.9. The molecule has 38 heavy (non-hydrogen) atoms. The topological polar surface area (TPSA) is 61.9 Å². The number of benzene rings is 2. The quantitative estimate of drug-likeness (QED) is 0.352. The van der Waals surface area contributed by atoms with Gasteiger partial charge >= 0.3 is 0 Å². The van der Waals surface area contributed by atoms with Gasteiger partial charge in [-0.3, -0.25) is 9.59 Å². The van der Waals surface area contributed by atoms with Crippen LogP contribution in [0.5, 0.6) is 0 Å². The summed E-state index contributed by atoms with van der Waals surface area (Å²) in [5.41, 5.74) is 1.15. The van der Waals surface area contributed by atoms with E-state index in [1.165, 1.54) is 0 Å². The molecule has 2 aromatic carbocycles. The van der Waals surface area contributed by atoms with E-state index in [0.29, 0.717) is 29.6 Å². The highest BCUT2D eigenvalue weighted by Gasteiger charge is 2.37. The molecule has 2 aromatic rings. The zero-order valence-electron chi connectivity index (χ0n) is 23.0. The molecule has 0 saturated carbocycles. The molecular formula is C30H41Cl2N3O3. The van der Waals surface area contributed by atoms with E-state index in [4.69, 9.17) is 27.9 Å². The van der Waals surface area contributed by atoms with Crippen molar-refractivity contribution in [2.45, 2.75) is 64.0 Å². The van der Waals surface area contributed by atoms with E-state index < -0.39 is 5.41 Å². The molecule has 2 amide bonds. The number of piperidine rings is 1. The van der Waals surface area contributed by atoms with Crippen molar-refractivity contribution in [3.05, 3.63) is 69.7 Å². The molecule has 8 heteroatoms. The van der Waals surface area contributed by atoms with Gasteiger partial charge in [-0.2, -0.15) is 0 Å². The zero-order valence-corrected chi connectivity index (χ0v) is 24.5. The average molecular weight is 563 g/mol. The van der Waals surface area contributed by atoms with E-state index in [2.05, 4.69) is 17.1 Å². The molecule has 1 N–H and O–H groups in total. The van der Waals surface area contributed by atoms with Crippen molar-refractivity contribution >= 4 is 35.0 Å². The van der Waals surface area contributed by atoms with Crippen LogP contribution in [-0.2, 0) is 19.7 Å². The Morgan fingerprint density at radius 2 is 1.82 bits per heavy atom. The number of carbonyl (C=O) groups excluding carboxylic acids is 2. The third kappa shape index (κ3) is 7.72. The molecule has 2 atom stereocenters. The summed E-state index contributed by atoms with van der Waals surface area (Å²) < 4.78 is 5.19. The van der Waals surface area contributed by atoms with Gasteiger partial charge in [-0.1, -0.05) is 66.5 Å². The van der Waals surface area contributed by atoms with Crippen molar-refractivity contribution in [2.24, 2.45) is 0 Å². The Morgan fingerprint density at radius 1 is 1.13 bits per heavy atom. The smallest absolute Gasteiger partial charge is 0.230 e. The Balaban J connectivity index is 1.73. The molecule has 0 radical (unpaired) electrons. The zero-order chi connectivity index (χ0) is 27.7. The summed E-state index contributed by atoms with van der Waals surface area (Å²) in [5.74, 6) is 0.0667. The van der Waals surface area contributed by atoms with Gasteiger partial charge in [-0.05, 0) is 62.4 Å². The number of hydrogen-bond acceptors (Lipinski definition) is 4. The lowest BCUT2D eigenvalue weighted by Crippen LogP contribution is -2.49. The third-order valence-corrected chi connectivity index (χ3v) is 8.58. The number of carbonyl (C=O) groups is 2. The number of nitrogens with one attached hydrogen (secondary N) is 1. The Bertz CT molecular complexity index is 1060. The number of hydrogen-bond donors (Lipinski definition) is 1. The lowest BCUT2D eigenvalue weighted by molar-refractivity contribution is -0.133. The van der Waals surface area contributed by atoms with Crippen molar-refractivity contribution in [1.29, 1.82) is 0 Å². The van der Waals surface area contributed by atoms with Crippen molar-refractivity contribution in [1.82, 2.24) is 15.1 Å². The van der Waals surface area contributed by atoms with Gasteiger partial charge in [-0.15, -0.1) is 0 Å². The van der Waals surface area contributed by atoms with Crippen LogP contribution < -0.4 is 5.32 Å². The van der Waals surface area contributed by atoms with Gasteiger partial charge in [-0.25, -0.2) is 0 Å². The molecule has 0 spiro atoms. The van der Waals surface area contributed by atoms with Crippen LogP contribution in [0.15, 0.2) is 48.5 Å². The predicted octanol–water partition coefficient (Wildman–Crippen LogP) is 5.87. The van der Waals surface area contributed by atoms with Crippen LogP contribution in [-0.4, -0.2) is 67.6 Å². The van der Waals surface area contributed by atoms with Crippen LogP contribution in [0.25, 0.3) is 0 Å². The predicted molar refractivity (Wildman–Crippen MR) is 155 cm³/mol. The normalized spacial score (nSPS) is 17.0. The standard InChI is InChI=1S/C30H41Cl2N3O3/c1-5-28(23-9-7-6-8-10-23)33-29(37)30(3,24-11-12-26(31)27(32)21-24)15-18-34-16-13-25(14-17-34)35(22(2)36)19-20-38-4/h6-12,21,25,28H,5,13-20H2,1-4H3,(H,33,37)/t28-,30?/m1/s1. The molecule has 1 heterocycles. The fraction of sp³-hybridized carbons (Fsp3) is 0.533. The molecule has 1 fully saturated rings. The number of halogens is 2. The number of amides is 2. The summed E-state index contributed by atoms with van der Waals surface area (Å²) in [6.45, 7) is 9.37. The number of rotatable bonds is 12. The molecule has 1 aliphatic rings. The monoisotopic (exact) mass is 561 g/mol. The maximum atomic E-state index is 13.9. The van der Waals surface area contributed by atoms with E-state index in [-0.39, 0.29) is 23.9 Å². The molecule has 0 aliphatic carbocycles. The van der Waals surface area contributed by atoms with Crippen molar-refractivity contribution < 1.29 is 14.3 Å². The maximum Gasteiger partial charge on any atom is 0.230 e. The van der Waals surface area contributed by atoms with E-state index in [1.807, 2.05) is 54.3 Å². The molecule has 208 valence electrons. The van der Waals surface area contributed by atoms with E-state index in [9.17, 15) is 9.59 Å². The lowest BCUT2D eigenvalue weighted by Gasteiger charge is -2.39. The second-order valence-electron chi connectivity index (χ2n) is 10.3. The number of likely N-dealkylation sites (tertiary alicyclic amines) is 1. The molecule has 3 rings (SSSR count). The second kappa shape index (κ2) is 14.3. The first-order valence-electron chi connectivity index (χ1n) is 13.5. The fourth-order valence-electron chi connectivity index (χ4n) is 5.28. The highest BCUT2D eigenvalue weighted by molar-refractivity contribution is 6.42. The molecule has 6 nitrogen and oxygen atoms in total. The van der Waals surface area contributed by atoms with Crippen LogP contribution >= 0.6 is 23.2 Å². The van der Waals surface area contributed by atoms with Gasteiger partial charge in [0.25, 0.3) is 0 Å². The van der Waals surface area contributed by atoms with Gasteiger partial charge in [0.05, 0.1) is 28.1 Å². The Hall–Kier alpha value is -2.12. The fourth-order valence-corrected chi connectivity index (χ4v) is 5.57. The SMILES string of the molecule is CC[C@@H](NC(=O)C(C)(CCN1CCC(N(CCOC)C(C)=O)CC1)c1ccc(Cl)c(Cl)c1)c1ccccc1. The summed E-state index contributed by atoms with van der Waals surface area (Å²) in [5, 5.41) is 4.22. The van der Waals surface area contributed by atoms with Crippen LogP contribution in [0, 0.1) is 0 Å². The van der Waals surface area contributed by atoms with Gasteiger partial charge < -0.3 is 19.9 Å². The second-order valence-corrected chi connectivity index (χ2v) is 11.1.